The molecule has 128 valence electrons. The van der Waals surface area contributed by atoms with E-state index in [4.69, 9.17) is 4.42 Å². The second-order valence-corrected chi connectivity index (χ2v) is 8.85. The van der Waals surface area contributed by atoms with Crippen LogP contribution in [0.15, 0.2) is 22.8 Å². The van der Waals surface area contributed by atoms with Crippen molar-refractivity contribution in [3.8, 4) is 0 Å². The summed E-state index contributed by atoms with van der Waals surface area (Å²) in [6, 6.07) is 3.36. The maximum Gasteiger partial charge on any atom is 0.292 e. The molecule has 0 aromatic carbocycles. The van der Waals surface area contributed by atoms with Gasteiger partial charge in [0.1, 0.15) is 5.82 Å². The van der Waals surface area contributed by atoms with Crippen LogP contribution in [-0.2, 0) is 9.84 Å². The minimum absolute atomic E-state index is 0.0709. The summed E-state index contributed by atoms with van der Waals surface area (Å²) in [7, 11) is -3.03. The fourth-order valence-corrected chi connectivity index (χ4v) is 4.80. The SMILES string of the molecule is Cc1ccoc1C(=O)Nc1cc(C2CC2)nn1C1CCS(=O)(=O)C1. The Morgan fingerprint density at radius 2 is 2.17 bits per heavy atom. The van der Waals surface area contributed by atoms with E-state index in [1.807, 2.05) is 6.07 Å². The van der Waals surface area contributed by atoms with Crippen molar-refractivity contribution in [1.29, 1.82) is 0 Å². The first kappa shape index (κ1) is 15.4. The van der Waals surface area contributed by atoms with Crippen LogP contribution in [-0.4, -0.2) is 35.6 Å². The molecule has 4 rings (SSSR count). The monoisotopic (exact) mass is 349 g/mol. The van der Waals surface area contributed by atoms with Gasteiger partial charge in [0.25, 0.3) is 5.91 Å². The second-order valence-electron chi connectivity index (χ2n) is 6.62. The molecule has 2 fully saturated rings. The quantitative estimate of drug-likeness (QED) is 0.914. The molecule has 8 heteroatoms. The number of hydrogen-bond donors (Lipinski definition) is 1. The first-order valence-electron chi connectivity index (χ1n) is 8.08. The maximum absolute atomic E-state index is 12.4. The number of hydrogen-bond acceptors (Lipinski definition) is 5. The van der Waals surface area contributed by atoms with Crippen molar-refractivity contribution < 1.29 is 17.6 Å². The summed E-state index contributed by atoms with van der Waals surface area (Å²) in [5.41, 5.74) is 1.68. The van der Waals surface area contributed by atoms with Gasteiger partial charge in [-0.05, 0) is 32.3 Å². The van der Waals surface area contributed by atoms with Crippen LogP contribution < -0.4 is 5.32 Å². The Hall–Kier alpha value is -2.09. The Balaban J connectivity index is 1.64. The van der Waals surface area contributed by atoms with E-state index in [1.54, 1.807) is 17.7 Å². The van der Waals surface area contributed by atoms with Crippen LogP contribution in [0, 0.1) is 6.92 Å². The van der Waals surface area contributed by atoms with Gasteiger partial charge in [-0.15, -0.1) is 0 Å². The van der Waals surface area contributed by atoms with Gasteiger partial charge in [0.15, 0.2) is 15.6 Å². The van der Waals surface area contributed by atoms with Crippen molar-refractivity contribution in [2.75, 3.05) is 16.8 Å². The fourth-order valence-electron chi connectivity index (χ4n) is 3.11. The Morgan fingerprint density at radius 1 is 1.38 bits per heavy atom. The summed E-state index contributed by atoms with van der Waals surface area (Å²) in [5, 5.41) is 7.42. The van der Waals surface area contributed by atoms with E-state index in [9.17, 15) is 13.2 Å². The molecule has 1 N–H and O–H groups in total. The van der Waals surface area contributed by atoms with E-state index < -0.39 is 9.84 Å². The molecule has 0 radical (unpaired) electrons. The summed E-state index contributed by atoms with van der Waals surface area (Å²) in [4.78, 5) is 12.4. The van der Waals surface area contributed by atoms with Gasteiger partial charge in [0, 0.05) is 17.5 Å². The van der Waals surface area contributed by atoms with Crippen LogP contribution in [0.2, 0.25) is 0 Å². The zero-order valence-corrected chi connectivity index (χ0v) is 14.2. The van der Waals surface area contributed by atoms with Gasteiger partial charge in [-0.3, -0.25) is 4.79 Å². The van der Waals surface area contributed by atoms with Gasteiger partial charge >= 0.3 is 0 Å². The highest BCUT2D eigenvalue weighted by Gasteiger charge is 2.34. The molecule has 2 aromatic heterocycles. The van der Waals surface area contributed by atoms with E-state index in [-0.39, 0.29) is 29.2 Å². The molecule has 7 nitrogen and oxygen atoms in total. The lowest BCUT2D eigenvalue weighted by atomic mass is 10.2. The number of amides is 1. The first-order valence-corrected chi connectivity index (χ1v) is 9.90. The van der Waals surface area contributed by atoms with E-state index in [0.29, 0.717) is 18.2 Å². The average molecular weight is 349 g/mol. The number of carbonyl (C=O) groups excluding carboxylic acids is 1. The summed E-state index contributed by atoms with van der Waals surface area (Å²) in [6.45, 7) is 1.80. The minimum Gasteiger partial charge on any atom is -0.459 e. The third-order valence-corrected chi connectivity index (χ3v) is 6.36. The Kier molecular flexibility index (Phi) is 3.52. The normalized spacial score (nSPS) is 22.6. The largest absolute Gasteiger partial charge is 0.459 e. The lowest BCUT2D eigenvalue weighted by Crippen LogP contribution is -2.19. The Bertz CT molecular complexity index is 892. The van der Waals surface area contributed by atoms with E-state index in [0.717, 1.165) is 24.1 Å². The fraction of sp³-hybridized carbons (Fsp3) is 0.500. The highest BCUT2D eigenvalue weighted by Crippen LogP contribution is 2.41. The van der Waals surface area contributed by atoms with Crippen molar-refractivity contribution in [2.45, 2.75) is 38.1 Å². The number of sulfone groups is 1. The van der Waals surface area contributed by atoms with Crippen LogP contribution in [0.4, 0.5) is 5.82 Å². The topological polar surface area (TPSA) is 94.2 Å². The Labute approximate surface area is 139 Å². The highest BCUT2D eigenvalue weighted by atomic mass is 32.2. The minimum atomic E-state index is -3.03. The van der Waals surface area contributed by atoms with E-state index in [2.05, 4.69) is 10.4 Å². The zero-order valence-electron chi connectivity index (χ0n) is 13.4. The molecule has 2 aliphatic rings. The summed E-state index contributed by atoms with van der Waals surface area (Å²) < 4.78 is 30.5. The average Bonchev–Trinajstić information content (AvgIpc) is 2.98. The smallest absolute Gasteiger partial charge is 0.292 e. The number of nitrogens with one attached hydrogen (secondary N) is 1. The van der Waals surface area contributed by atoms with E-state index >= 15 is 0 Å². The number of aromatic nitrogens is 2. The molecule has 2 aromatic rings. The van der Waals surface area contributed by atoms with Crippen LogP contribution in [0.3, 0.4) is 0 Å². The van der Waals surface area contributed by atoms with Crippen LogP contribution in [0.1, 0.15) is 53.0 Å². The molecule has 1 saturated carbocycles. The standard InChI is InChI=1S/C16H19N3O4S/c1-10-4-6-23-15(10)16(20)17-14-8-13(11-2-3-11)18-19(14)12-5-7-24(21,22)9-12/h4,6,8,11-12H,2-3,5,7,9H2,1H3,(H,17,20). The summed E-state index contributed by atoms with van der Waals surface area (Å²) in [5.74, 6) is 1.12. The predicted molar refractivity (Wildman–Crippen MR) is 87.9 cm³/mol. The molecule has 0 spiro atoms. The molecular weight excluding hydrogens is 330 g/mol. The molecule has 1 aliphatic carbocycles. The van der Waals surface area contributed by atoms with Gasteiger partial charge in [-0.25, -0.2) is 13.1 Å². The number of aryl methyl sites for hydroxylation is 1. The second kappa shape index (κ2) is 5.47. The van der Waals surface area contributed by atoms with Crippen molar-refractivity contribution >= 4 is 21.6 Å². The predicted octanol–water partition coefficient (Wildman–Crippen LogP) is 2.27. The summed E-state index contributed by atoms with van der Waals surface area (Å²) >= 11 is 0. The number of furan rings is 1. The van der Waals surface area contributed by atoms with Crippen LogP contribution in [0.5, 0.6) is 0 Å². The van der Waals surface area contributed by atoms with Gasteiger partial charge in [0.2, 0.25) is 0 Å². The molecule has 1 aliphatic heterocycles. The zero-order chi connectivity index (χ0) is 16.9. The maximum atomic E-state index is 12.4. The lowest BCUT2D eigenvalue weighted by Gasteiger charge is -2.13. The summed E-state index contributed by atoms with van der Waals surface area (Å²) in [6.07, 6.45) is 4.17. The highest BCUT2D eigenvalue weighted by molar-refractivity contribution is 7.91. The van der Waals surface area contributed by atoms with Gasteiger partial charge in [0.05, 0.1) is 29.5 Å². The molecule has 3 heterocycles. The van der Waals surface area contributed by atoms with Gasteiger partial charge in [-0.1, -0.05) is 0 Å². The molecule has 24 heavy (non-hydrogen) atoms. The number of nitrogens with zero attached hydrogens (tertiary/aromatic N) is 2. The van der Waals surface area contributed by atoms with E-state index in [1.165, 1.54) is 6.26 Å². The van der Waals surface area contributed by atoms with Crippen LogP contribution in [0.25, 0.3) is 0 Å². The molecule has 1 amide bonds. The van der Waals surface area contributed by atoms with Gasteiger partial charge in [-0.2, -0.15) is 5.10 Å². The van der Waals surface area contributed by atoms with Crippen molar-refractivity contribution in [3.05, 3.63) is 35.4 Å². The molecule has 1 unspecified atom stereocenters. The van der Waals surface area contributed by atoms with Crippen molar-refractivity contribution in [2.24, 2.45) is 0 Å². The molecule has 1 saturated heterocycles. The third-order valence-electron chi connectivity index (χ3n) is 4.61. The third kappa shape index (κ3) is 2.86. The van der Waals surface area contributed by atoms with Crippen molar-refractivity contribution in [1.82, 2.24) is 9.78 Å². The Morgan fingerprint density at radius 3 is 2.75 bits per heavy atom. The first-order chi connectivity index (χ1) is 11.4. The molecule has 0 bridgehead atoms. The molecular formula is C16H19N3O4S. The number of anilines is 1. The van der Waals surface area contributed by atoms with Gasteiger partial charge < -0.3 is 9.73 Å². The molecule has 1 atom stereocenters. The number of rotatable bonds is 4. The van der Waals surface area contributed by atoms with Crippen molar-refractivity contribution in [3.63, 3.8) is 0 Å². The van der Waals surface area contributed by atoms with Crippen LogP contribution >= 0.6 is 0 Å². The number of carbonyl (C=O) groups is 1. The lowest BCUT2D eigenvalue weighted by molar-refractivity contribution is 0.0994.